The SMILES string of the molecule is CN(Cc1csc(Br)c1)S(=O)(=O)c1ccc(CCO)s1. The van der Waals surface area contributed by atoms with Gasteiger partial charge in [0, 0.05) is 31.5 Å². The minimum atomic E-state index is -3.47. The van der Waals surface area contributed by atoms with Crippen LogP contribution in [-0.2, 0) is 23.0 Å². The number of sulfonamides is 1. The highest BCUT2D eigenvalue weighted by Gasteiger charge is 2.23. The molecule has 2 rings (SSSR count). The van der Waals surface area contributed by atoms with E-state index in [1.165, 1.54) is 27.0 Å². The second-order valence-corrected chi connectivity index (χ2v) is 9.95. The second kappa shape index (κ2) is 6.67. The smallest absolute Gasteiger partial charge is 0.252 e. The molecule has 0 spiro atoms. The van der Waals surface area contributed by atoms with Crippen molar-refractivity contribution in [2.75, 3.05) is 13.7 Å². The molecular formula is C12H14BrNO3S3. The Kier molecular flexibility index (Phi) is 5.38. The van der Waals surface area contributed by atoms with Gasteiger partial charge in [0.05, 0.1) is 3.79 Å². The molecule has 0 aliphatic carbocycles. The fraction of sp³-hybridized carbons (Fsp3) is 0.333. The molecule has 0 radical (unpaired) electrons. The number of rotatable bonds is 6. The summed E-state index contributed by atoms with van der Waals surface area (Å²) in [5, 5.41) is 10.8. The first-order chi connectivity index (χ1) is 9.43. The van der Waals surface area contributed by atoms with Gasteiger partial charge >= 0.3 is 0 Å². The number of thiophene rings is 2. The number of nitrogens with zero attached hydrogens (tertiary/aromatic N) is 1. The topological polar surface area (TPSA) is 57.6 Å². The van der Waals surface area contributed by atoms with E-state index in [0.717, 1.165) is 14.2 Å². The average molecular weight is 396 g/mol. The van der Waals surface area contributed by atoms with Crippen molar-refractivity contribution >= 4 is 48.6 Å². The number of halogens is 1. The molecule has 2 aromatic rings. The molecule has 0 amide bonds. The van der Waals surface area contributed by atoms with Crippen molar-refractivity contribution in [2.24, 2.45) is 0 Å². The number of hydrogen-bond donors (Lipinski definition) is 1. The summed E-state index contributed by atoms with van der Waals surface area (Å²) in [6, 6.07) is 5.27. The van der Waals surface area contributed by atoms with Crippen LogP contribution < -0.4 is 0 Å². The zero-order valence-corrected chi connectivity index (χ0v) is 14.8. The van der Waals surface area contributed by atoms with Crippen LogP contribution in [0.1, 0.15) is 10.4 Å². The molecule has 4 nitrogen and oxygen atoms in total. The van der Waals surface area contributed by atoms with Crippen LogP contribution in [0.15, 0.2) is 31.6 Å². The monoisotopic (exact) mass is 395 g/mol. The zero-order chi connectivity index (χ0) is 14.8. The third kappa shape index (κ3) is 3.69. The van der Waals surface area contributed by atoms with Crippen LogP contribution in [0.2, 0.25) is 0 Å². The lowest BCUT2D eigenvalue weighted by Crippen LogP contribution is -2.25. The lowest BCUT2D eigenvalue weighted by molar-refractivity contribution is 0.300. The molecule has 2 heterocycles. The predicted molar refractivity (Wildman–Crippen MR) is 85.8 cm³/mol. The molecule has 20 heavy (non-hydrogen) atoms. The highest BCUT2D eigenvalue weighted by Crippen LogP contribution is 2.27. The van der Waals surface area contributed by atoms with E-state index < -0.39 is 10.0 Å². The fourth-order valence-corrected chi connectivity index (χ4v) is 5.58. The van der Waals surface area contributed by atoms with Crippen LogP contribution in [0.25, 0.3) is 0 Å². The average Bonchev–Trinajstić information content (AvgIpc) is 2.99. The first kappa shape index (κ1) is 16.1. The summed E-state index contributed by atoms with van der Waals surface area (Å²) in [7, 11) is -1.89. The molecule has 8 heteroatoms. The Morgan fingerprint density at radius 1 is 1.40 bits per heavy atom. The van der Waals surface area contributed by atoms with Crippen molar-refractivity contribution in [3.05, 3.63) is 37.8 Å². The minimum Gasteiger partial charge on any atom is -0.396 e. The third-order valence-corrected chi connectivity index (χ3v) is 7.66. The van der Waals surface area contributed by atoms with Gasteiger partial charge in [-0.2, -0.15) is 4.31 Å². The third-order valence-electron chi connectivity index (χ3n) is 2.69. The van der Waals surface area contributed by atoms with Gasteiger partial charge in [-0.1, -0.05) is 0 Å². The molecule has 0 saturated heterocycles. The molecule has 0 saturated carbocycles. The van der Waals surface area contributed by atoms with Gasteiger partial charge in [-0.05, 0) is 45.1 Å². The molecule has 0 bridgehead atoms. The fourth-order valence-electron chi connectivity index (χ4n) is 1.67. The van der Waals surface area contributed by atoms with E-state index in [0.29, 0.717) is 17.2 Å². The summed E-state index contributed by atoms with van der Waals surface area (Å²) in [4.78, 5) is 0.873. The van der Waals surface area contributed by atoms with Crippen molar-refractivity contribution in [2.45, 2.75) is 17.2 Å². The van der Waals surface area contributed by atoms with Gasteiger partial charge in [0.15, 0.2) is 0 Å². The van der Waals surface area contributed by atoms with E-state index in [4.69, 9.17) is 5.11 Å². The van der Waals surface area contributed by atoms with E-state index in [1.807, 2.05) is 11.4 Å². The standard InChI is InChI=1S/C12H14BrNO3S3/c1-14(7-9-6-11(13)18-8-9)20(16,17)12-3-2-10(19-12)4-5-15/h2-3,6,8,15H,4-5,7H2,1H3. The van der Waals surface area contributed by atoms with Crippen molar-refractivity contribution in [1.82, 2.24) is 4.31 Å². The Morgan fingerprint density at radius 3 is 2.75 bits per heavy atom. The Morgan fingerprint density at radius 2 is 2.15 bits per heavy atom. The van der Waals surface area contributed by atoms with Crippen molar-refractivity contribution in [3.8, 4) is 0 Å². The predicted octanol–water partition coefficient (Wildman–Crippen LogP) is 2.93. The summed E-state index contributed by atoms with van der Waals surface area (Å²) < 4.78 is 27.5. The normalized spacial score (nSPS) is 12.2. The van der Waals surface area contributed by atoms with E-state index in [9.17, 15) is 8.42 Å². The molecule has 2 aromatic heterocycles. The summed E-state index contributed by atoms with van der Waals surface area (Å²) in [5.74, 6) is 0. The van der Waals surface area contributed by atoms with Crippen molar-refractivity contribution < 1.29 is 13.5 Å². The Labute approximate surface area is 134 Å². The van der Waals surface area contributed by atoms with Gasteiger partial charge in [-0.15, -0.1) is 22.7 Å². The maximum Gasteiger partial charge on any atom is 0.252 e. The summed E-state index contributed by atoms with van der Waals surface area (Å²) in [6.45, 7) is 0.371. The highest BCUT2D eigenvalue weighted by atomic mass is 79.9. The number of aliphatic hydroxyl groups excluding tert-OH is 1. The van der Waals surface area contributed by atoms with Gasteiger partial charge in [0.1, 0.15) is 4.21 Å². The maximum atomic E-state index is 12.4. The molecule has 0 fully saturated rings. The zero-order valence-electron chi connectivity index (χ0n) is 10.7. The van der Waals surface area contributed by atoms with Gasteiger partial charge in [0.25, 0.3) is 10.0 Å². The Hall–Kier alpha value is -0.250. The van der Waals surface area contributed by atoms with Crippen molar-refractivity contribution in [1.29, 1.82) is 0 Å². The largest absolute Gasteiger partial charge is 0.396 e. The van der Waals surface area contributed by atoms with Crippen LogP contribution in [0.5, 0.6) is 0 Å². The molecular weight excluding hydrogens is 382 g/mol. The van der Waals surface area contributed by atoms with Gasteiger partial charge in [-0.25, -0.2) is 8.42 Å². The maximum absolute atomic E-state index is 12.4. The van der Waals surface area contributed by atoms with E-state index in [-0.39, 0.29) is 6.61 Å². The van der Waals surface area contributed by atoms with Gasteiger partial charge in [-0.3, -0.25) is 0 Å². The second-order valence-electron chi connectivity index (χ2n) is 4.21. The molecule has 0 aliphatic heterocycles. The Balaban J connectivity index is 2.15. The van der Waals surface area contributed by atoms with Gasteiger partial charge < -0.3 is 5.11 Å². The molecule has 110 valence electrons. The molecule has 0 aliphatic rings. The quantitative estimate of drug-likeness (QED) is 0.817. The molecule has 0 unspecified atom stereocenters. The van der Waals surface area contributed by atoms with E-state index >= 15 is 0 Å². The molecule has 0 aromatic carbocycles. The minimum absolute atomic E-state index is 0.0266. The van der Waals surface area contributed by atoms with Crippen LogP contribution in [0, 0.1) is 0 Å². The van der Waals surface area contributed by atoms with Gasteiger partial charge in [0.2, 0.25) is 0 Å². The Bertz CT molecular complexity index is 678. The summed E-state index contributed by atoms with van der Waals surface area (Å²) in [6.07, 6.45) is 0.487. The summed E-state index contributed by atoms with van der Waals surface area (Å²) in [5.41, 5.74) is 0.958. The van der Waals surface area contributed by atoms with Crippen LogP contribution in [0.4, 0.5) is 0 Å². The number of aliphatic hydroxyl groups is 1. The van der Waals surface area contributed by atoms with Crippen LogP contribution in [-0.4, -0.2) is 31.5 Å². The molecule has 1 N–H and O–H groups in total. The van der Waals surface area contributed by atoms with Crippen LogP contribution in [0.3, 0.4) is 0 Å². The molecule has 0 atom stereocenters. The lowest BCUT2D eigenvalue weighted by Gasteiger charge is -2.15. The van der Waals surface area contributed by atoms with Crippen LogP contribution >= 0.6 is 38.6 Å². The number of hydrogen-bond acceptors (Lipinski definition) is 5. The van der Waals surface area contributed by atoms with E-state index in [2.05, 4.69) is 15.9 Å². The lowest BCUT2D eigenvalue weighted by atomic mass is 10.3. The van der Waals surface area contributed by atoms with E-state index in [1.54, 1.807) is 19.2 Å². The van der Waals surface area contributed by atoms with Crippen molar-refractivity contribution in [3.63, 3.8) is 0 Å². The highest BCUT2D eigenvalue weighted by molar-refractivity contribution is 9.11. The first-order valence-electron chi connectivity index (χ1n) is 5.82. The summed E-state index contributed by atoms with van der Waals surface area (Å²) >= 11 is 6.11. The first-order valence-corrected chi connectivity index (χ1v) is 9.75.